The highest BCUT2D eigenvalue weighted by atomic mass is 16.7. The van der Waals surface area contributed by atoms with Gasteiger partial charge in [-0.3, -0.25) is 19.5 Å². The van der Waals surface area contributed by atoms with Gasteiger partial charge in [-0.2, -0.15) is 0 Å². The van der Waals surface area contributed by atoms with Crippen LogP contribution in [0.25, 0.3) is 0 Å². The summed E-state index contributed by atoms with van der Waals surface area (Å²) >= 11 is 0. The van der Waals surface area contributed by atoms with Crippen molar-refractivity contribution in [2.24, 2.45) is 34.8 Å². The highest BCUT2D eigenvalue weighted by molar-refractivity contribution is 5.83. The largest absolute Gasteiger partial charge is 0.493 e. The van der Waals surface area contributed by atoms with Gasteiger partial charge in [0.15, 0.2) is 11.5 Å². The molecule has 0 spiro atoms. The second-order valence-electron chi connectivity index (χ2n) is 14.8. The summed E-state index contributed by atoms with van der Waals surface area (Å²) in [6.45, 7) is 14.5. The summed E-state index contributed by atoms with van der Waals surface area (Å²) in [5.74, 6) is 0.967. The Hall–Kier alpha value is -4.10. The quantitative estimate of drug-likeness (QED) is 0.123. The van der Waals surface area contributed by atoms with Crippen molar-refractivity contribution in [2.45, 2.75) is 92.6 Å². The maximum Gasteiger partial charge on any atom is 0.415 e. The van der Waals surface area contributed by atoms with Gasteiger partial charge in [0.2, 0.25) is 18.1 Å². The summed E-state index contributed by atoms with van der Waals surface area (Å²) in [6.07, 6.45) is 3.67. The molecule has 0 radical (unpaired) electrons. The monoisotopic (exact) mass is 728 g/mol. The number of carbonyl (C=O) groups is 3. The van der Waals surface area contributed by atoms with Crippen LogP contribution in [0.4, 0.5) is 4.79 Å². The van der Waals surface area contributed by atoms with E-state index < -0.39 is 41.8 Å². The number of hydrogen-bond donors (Lipinski definition) is 2. The van der Waals surface area contributed by atoms with Gasteiger partial charge in [-0.15, -0.1) is 0 Å². The minimum atomic E-state index is -0.903. The minimum Gasteiger partial charge on any atom is -0.493 e. The van der Waals surface area contributed by atoms with Crippen LogP contribution >= 0.6 is 0 Å². The molecule has 13 nitrogen and oxygen atoms in total. The van der Waals surface area contributed by atoms with Gasteiger partial charge in [-0.1, -0.05) is 33.8 Å². The Morgan fingerprint density at radius 2 is 1.79 bits per heavy atom. The average Bonchev–Trinajstić information content (AvgIpc) is 3.50. The van der Waals surface area contributed by atoms with Crippen LogP contribution in [0.15, 0.2) is 42.7 Å². The third kappa shape index (κ3) is 12.5. The molecule has 1 fully saturated rings. The Balaban J connectivity index is 1.86. The SMILES string of the molecule is COCCCOc1cc(C[C@@H](C[C@H]2[C@H](C[C@H](C(=O)NCC(C)(C)C(N)=O)C(C)C)OCN2C(=O)OC(C)Oc2cccnc2)C(C)C)ccc1OC. The average molecular weight is 729 g/mol. The first-order valence-corrected chi connectivity index (χ1v) is 18.2. The Labute approximate surface area is 309 Å². The molecule has 1 aromatic heterocycles. The maximum absolute atomic E-state index is 13.8. The summed E-state index contributed by atoms with van der Waals surface area (Å²) in [5, 5.41) is 2.93. The van der Waals surface area contributed by atoms with Crippen molar-refractivity contribution in [3.63, 3.8) is 0 Å². The zero-order valence-electron chi connectivity index (χ0n) is 32.4. The second kappa shape index (κ2) is 20.2. The number of nitrogens with one attached hydrogen (secondary N) is 1. The maximum atomic E-state index is 13.8. The van der Waals surface area contributed by atoms with E-state index in [9.17, 15) is 14.4 Å². The van der Waals surface area contributed by atoms with Gasteiger partial charge in [-0.25, -0.2) is 4.79 Å². The van der Waals surface area contributed by atoms with E-state index in [0.717, 1.165) is 12.0 Å². The van der Waals surface area contributed by atoms with Crippen LogP contribution in [-0.2, 0) is 30.2 Å². The van der Waals surface area contributed by atoms with Crippen molar-refractivity contribution in [3.05, 3.63) is 48.3 Å². The van der Waals surface area contributed by atoms with Crippen LogP contribution in [0.2, 0.25) is 0 Å². The first kappa shape index (κ1) is 42.3. The second-order valence-corrected chi connectivity index (χ2v) is 14.8. The summed E-state index contributed by atoms with van der Waals surface area (Å²) in [4.78, 5) is 44.9. The van der Waals surface area contributed by atoms with E-state index in [1.807, 2.05) is 32.0 Å². The summed E-state index contributed by atoms with van der Waals surface area (Å²) < 4.78 is 34.7. The highest BCUT2D eigenvalue weighted by Crippen LogP contribution is 2.36. The molecule has 1 aliphatic rings. The van der Waals surface area contributed by atoms with Gasteiger partial charge in [-0.05, 0) is 80.7 Å². The van der Waals surface area contributed by atoms with Crippen LogP contribution in [0, 0.1) is 29.1 Å². The molecule has 2 aromatic rings. The first-order chi connectivity index (χ1) is 24.7. The smallest absolute Gasteiger partial charge is 0.415 e. The number of hydrogen-bond acceptors (Lipinski definition) is 10. The predicted octanol–water partition coefficient (Wildman–Crippen LogP) is 5.59. The van der Waals surface area contributed by atoms with Gasteiger partial charge in [0, 0.05) is 45.7 Å². The van der Waals surface area contributed by atoms with Crippen LogP contribution in [0.1, 0.15) is 73.3 Å². The van der Waals surface area contributed by atoms with E-state index in [4.69, 9.17) is 34.2 Å². The molecule has 3 rings (SSSR count). The number of aromatic nitrogens is 1. The van der Waals surface area contributed by atoms with E-state index in [2.05, 4.69) is 24.1 Å². The van der Waals surface area contributed by atoms with Gasteiger partial charge in [0.1, 0.15) is 12.5 Å². The molecule has 0 bridgehead atoms. The van der Waals surface area contributed by atoms with Gasteiger partial charge in [0.25, 0.3) is 0 Å². The van der Waals surface area contributed by atoms with Gasteiger partial charge in [0.05, 0.1) is 37.5 Å². The number of rotatable bonds is 21. The van der Waals surface area contributed by atoms with Gasteiger partial charge < -0.3 is 39.5 Å². The van der Waals surface area contributed by atoms with E-state index in [-0.39, 0.29) is 36.9 Å². The lowest BCUT2D eigenvalue weighted by atomic mass is 9.80. The molecule has 1 aliphatic heterocycles. The molecular weight excluding hydrogens is 668 g/mol. The van der Waals surface area contributed by atoms with E-state index >= 15 is 0 Å². The molecule has 1 saturated heterocycles. The number of benzene rings is 1. The van der Waals surface area contributed by atoms with E-state index in [1.54, 1.807) is 64.4 Å². The zero-order chi connectivity index (χ0) is 38.4. The number of methoxy groups -OCH3 is 2. The van der Waals surface area contributed by atoms with Gasteiger partial charge >= 0.3 is 6.09 Å². The lowest BCUT2D eigenvalue weighted by Crippen LogP contribution is -2.47. The topological polar surface area (TPSA) is 161 Å². The van der Waals surface area contributed by atoms with Crippen LogP contribution < -0.4 is 25.3 Å². The lowest BCUT2D eigenvalue weighted by molar-refractivity contribution is -0.130. The number of nitrogens with two attached hydrogens (primary N) is 1. The Morgan fingerprint density at radius 1 is 1.04 bits per heavy atom. The zero-order valence-corrected chi connectivity index (χ0v) is 32.4. The fourth-order valence-electron chi connectivity index (χ4n) is 6.13. The Bertz CT molecular complexity index is 1420. The third-order valence-corrected chi connectivity index (χ3v) is 9.66. The van der Waals surface area contributed by atoms with Crippen molar-refractivity contribution in [1.29, 1.82) is 0 Å². The molecule has 0 saturated carbocycles. The molecular formula is C39H60N4O9. The van der Waals surface area contributed by atoms with Crippen LogP contribution in [-0.4, -0.2) is 86.9 Å². The molecule has 5 atom stereocenters. The number of pyridine rings is 1. The fourth-order valence-corrected chi connectivity index (χ4v) is 6.13. The predicted molar refractivity (Wildman–Crippen MR) is 197 cm³/mol. The molecule has 290 valence electrons. The molecule has 1 aromatic carbocycles. The Morgan fingerprint density at radius 3 is 2.40 bits per heavy atom. The third-order valence-electron chi connectivity index (χ3n) is 9.66. The number of ether oxygens (including phenoxy) is 6. The summed E-state index contributed by atoms with van der Waals surface area (Å²) in [6, 6.07) is 9.04. The van der Waals surface area contributed by atoms with Crippen molar-refractivity contribution in [1.82, 2.24) is 15.2 Å². The molecule has 0 aliphatic carbocycles. The molecule has 52 heavy (non-hydrogen) atoms. The first-order valence-electron chi connectivity index (χ1n) is 18.2. The lowest BCUT2D eigenvalue weighted by Gasteiger charge is -2.33. The number of nitrogens with zero attached hydrogens (tertiary/aromatic N) is 2. The van der Waals surface area contributed by atoms with E-state index in [0.29, 0.717) is 49.7 Å². The van der Waals surface area contributed by atoms with E-state index in [1.165, 1.54) is 0 Å². The number of primary amides is 1. The Kier molecular flexibility index (Phi) is 16.5. The molecule has 1 unspecified atom stereocenters. The summed E-state index contributed by atoms with van der Waals surface area (Å²) in [7, 11) is 3.28. The number of carbonyl (C=O) groups excluding carboxylic acids is 3. The number of amides is 3. The van der Waals surface area contributed by atoms with Crippen LogP contribution in [0.5, 0.6) is 17.2 Å². The minimum absolute atomic E-state index is 0.00172. The highest BCUT2D eigenvalue weighted by Gasteiger charge is 2.43. The molecule has 2 heterocycles. The standard InChI is InChI=1S/C39H60N4O9/c1-25(2)29(18-28-13-14-33(48-9)35(19-28)49-17-11-16-47-8)20-32-34(21-31(26(3)4)36(44)42-23-39(6,7)37(40)45)50-24-43(32)38(46)52-27(5)51-30-12-10-15-41-22-30/h10,12-15,19,22,25-27,29,31-32,34H,11,16-18,20-21,23-24H2,1-9H3,(H2,40,45)(H,42,44)/t27?,29-,31-,32-,34-/m0/s1. The summed E-state index contributed by atoms with van der Waals surface area (Å²) in [5.41, 5.74) is 5.72. The van der Waals surface area contributed by atoms with Crippen molar-refractivity contribution >= 4 is 17.9 Å². The molecule has 13 heteroatoms. The van der Waals surface area contributed by atoms with Crippen molar-refractivity contribution < 1.29 is 42.8 Å². The van der Waals surface area contributed by atoms with Crippen molar-refractivity contribution in [3.8, 4) is 17.2 Å². The van der Waals surface area contributed by atoms with Crippen LogP contribution in [0.3, 0.4) is 0 Å². The fraction of sp³-hybridized carbons (Fsp3) is 0.641. The molecule has 3 amide bonds. The van der Waals surface area contributed by atoms with Crippen molar-refractivity contribution in [2.75, 3.05) is 40.7 Å². The normalized spacial score (nSPS) is 17.8. The molecule has 3 N–H and O–H groups in total.